The van der Waals surface area contributed by atoms with Gasteiger partial charge in [0, 0.05) is 35.6 Å². The molecule has 0 fully saturated rings. The van der Waals surface area contributed by atoms with Crippen LogP contribution < -0.4 is 4.90 Å². The van der Waals surface area contributed by atoms with Gasteiger partial charge in [-0.15, -0.1) is 0 Å². The lowest BCUT2D eigenvalue weighted by molar-refractivity contribution is -0.141. The Labute approximate surface area is 136 Å². The second kappa shape index (κ2) is 6.73. The quantitative estimate of drug-likeness (QED) is 0.725. The van der Waals surface area contributed by atoms with Gasteiger partial charge < -0.3 is 14.4 Å². The lowest BCUT2D eigenvalue weighted by atomic mass is 10.1. The highest BCUT2D eigenvalue weighted by Gasteiger charge is 2.26. The molecule has 22 heavy (non-hydrogen) atoms. The molecule has 0 aliphatic carbocycles. The lowest BCUT2D eigenvalue weighted by Gasteiger charge is -2.32. The van der Waals surface area contributed by atoms with E-state index in [9.17, 15) is 0 Å². The van der Waals surface area contributed by atoms with Crippen molar-refractivity contribution in [3.8, 4) is 0 Å². The number of anilines is 2. The summed E-state index contributed by atoms with van der Waals surface area (Å²) in [6.07, 6.45) is -0.309. The number of nitrogens with zero attached hydrogens (tertiary/aromatic N) is 1. The molecule has 0 saturated heterocycles. The summed E-state index contributed by atoms with van der Waals surface area (Å²) >= 11 is 1.79. The smallest absolute Gasteiger partial charge is 0.184 e. The number of fused-ring (bicyclic) bond motifs is 2. The highest BCUT2D eigenvalue weighted by Crippen LogP contribution is 2.50. The van der Waals surface area contributed by atoms with Crippen LogP contribution in [0.25, 0.3) is 0 Å². The molecule has 3 nitrogen and oxygen atoms in total. The van der Waals surface area contributed by atoms with Gasteiger partial charge >= 0.3 is 0 Å². The van der Waals surface area contributed by atoms with Gasteiger partial charge in [-0.3, -0.25) is 0 Å². The molecule has 2 aromatic carbocycles. The van der Waals surface area contributed by atoms with E-state index in [0.29, 0.717) is 13.2 Å². The first kappa shape index (κ1) is 15.4. The predicted octanol–water partition coefficient (Wildman–Crippen LogP) is 4.99. The van der Waals surface area contributed by atoms with Gasteiger partial charge in [0.2, 0.25) is 0 Å². The van der Waals surface area contributed by atoms with E-state index >= 15 is 0 Å². The Morgan fingerprint density at radius 1 is 0.955 bits per heavy atom. The van der Waals surface area contributed by atoms with Crippen molar-refractivity contribution in [2.75, 3.05) is 25.2 Å². The molecule has 1 aliphatic rings. The van der Waals surface area contributed by atoms with Gasteiger partial charge in [0.05, 0.1) is 11.4 Å². The van der Waals surface area contributed by atoms with Crippen LogP contribution >= 0.6 is 11.8 Å². The number of hydrogen-bond acceptors (Lipinski definition) is 4. The first-order valence-corrected chi connectivity index (χ1v) is 8.44. The summed E-state index contributed by atoms with van der Waals surface area (Å²) in [5, 5.41) is 0. The first-order chi connectivity index (χ1) is 10.8. The molecule has 0 aromatic heterocycles. The van der Waals surface area contributed by atoms with Crippen molar-refractivity contribution in [3.63, 3.8) is 0 Å². The summed E-state index contributed by atoms with van der Waals surface area (Å²) in [6.45, 7) is 5.25. The van der Waals surface area contributed by atoms with E-state index in [4.69, 9.17) is 9.47 Å². The van der Waals surface area contributed by atoms with Crippen LogP contribution in [-0.4, -0.2) is 20.3 Å². The molecule has 1 aliphatic heterocycles. The molecule has 0 amide bonds. The van der Waals surface area contributed by atoms with E-state index in [1.54, 1.807) is 11.8 Å². The maximum atomic E-state index is 5.80. The molecule has 0 bridgehead atoms. The summed E-state index contributed by atoms with van der Waals surface area (Å²) in [5.74, 6) is 0. The van der Waals surface area contributed by atoms with Crippen molar-refractivity contribution >= 4 is 23.1 Å². The van der Waals surface area contributed by atoms with Gasteiger partial charge in [0.15, 0.2) is 6.29 Å². The van der Waals surface area contributed by atoms with Gasteiger partial charge in [-0.1, -0.05) is 36.0 Å². The SMILES string of the molecule is CCOC(OCC)c1cccc2c1Sc1ccccc1N2C. The molecule has 4 heteroatoms. The van der Waals surface area contributed by atoms with Crippen LogP contribution in [0.4, 0.5) is 11.4 Å². The van der Waals surface area contributed by atoms with E-state index in [1.165, 1.54) is 21.2 Å². The topological polar surface area (TPSA) is 21.7 Å². The van der Waals surface area contributed by atoms with E-state index in [0.717, 1.165) is 5.56 Å². The summed E-state index contributed by atoms with van der Waals surface area (Å²) in [5.41, 5.74) is 3.54. The van der Waals surface area contributed by atoms with Crippen molar-refractivity contribution in [2.45, 2.75) is 29.9 Å². The monoisotopic (exact) mass is 315 g/mol. The molecule has 116 valence electrons. The normalized spacial score (nSPS) is 13.2. The zero-order valence-corrected chi connectivity index (χ0v) is 14.0. The van der Waals surface area contributed by atoms with Crippen LogP contribution in [0.2, 0.25) is 0 Å². The third-order valence-electron chi connectivity index (χ3n) is 3.71. The van der Waals surface area contributed by atoms with Crippen molar-refractivity contribution in [1.82, 2.24) is 0 Å². The van der Waals surface area contributed by atoms with Crippen molar-refractivity contribution in [1.29, 1.82) is 0 Å². The average Bonchev–Trinajstić information content (AvgIpc) is 2.55. The minimum absolute atomic E-state index is 0.309. The third kappa shape index (κ3) is 2.74. The van der Waals surface area contributed by atoms with E-state index in [1.807, 2.05) is 13.8 Å². The minimum atomic E-state index is -0.309. The van der Waals surface area contributed by atoms with Crippen LogP contribution in [0, 0.1) is 0 Å². The maximum absolute atomic E-state index is 5.80. The largest absolute Gasteiger partial charge is 0.349 e. The Kier molecular flexibility index (Phi) is 4.71. The van der Waals surface area contributed by atoms with Gasteiger partial charge in [0.1, 0.15) is 0 Å². The number of rotatable bonds is 5. The van der Waals surface area contributed by atoms with Crippen LogP contribution in [0.15, 0.2) is 52.3 Å². The number of para-hydroxylation sites is 1. The van der Waals surface area contributed by atoms with Crippen LogP contribution in [-0.2, 0) is 9.47 Å². The summed E-state index contributed by atoms with van der Waals surface area (Å²) in [7, 11) is 2.11. The molecular weight excluding hydrogens is 294 g/mol. The minimum Gasteiger partial charge on any atom is -0.349 e. The number of hydrogen-bond donors (Lipinski definition) is 0. The number of ether oxygens (including phenoxy) is 2. The Morgan fingerprint density at radius 2 is 1.64 bits per heavy atom. The Bertz CT molecular complexity index is 653. The Balaban J connectivity index is 2.05. The second-order valence-electron chi connectivity index (χ2n) is 5.07. The molecule has 0 atom stereocenters. The maximum Gasteiger partial charge on any atom is 0.184 e. The molecule has 3 rings (SSSR count). The fraction of sp³-hybridized carbons (Fsp3) is 0.333. The second-order valence-corrected chi connectivity index (χ2v) is 6.12. The fourth-order valence-electron chi connectivity index (χ4n) is 2.69. The van der Waals surface area contributed by atoms with Crippen molar-refractivity contribution < 1.29 is 9.47 Å². The first-order valence-electron chi connectivity index (χ1n) is 7.63. The molecule has 0 radical (unpaired) electrons. The summed E-state index contributed by atoms with van der Waals surface area (Å²) in [4.78, 5) is 4.71. The Morgan fingerprint density at radius 3 is 2.36 bits per heavy atom. The van der Waals surface area contributed by atoms with Gasteiger partial charge in [-0.25, -0.2) is 0 Å². The zero-order chi connectivity index (χ0) is 15.5. The summed E-state index contributed by atoms with van der Waals surface area (Å²) in [6, 6.07) is 14.8. The van der Waals surface area contributed by atoms with Crippen molar-refractivity contribution in [3.05, 3.63) is 48.0 Å². The fourth-order valence-corrected chi connectivity index (χ4v) is 3.96. The van der Waals surface area contributed by atoms with E-state index < -0.39 is 0 Å². The average molecular weight is 315 g/mol. The number of benzene rings is 2. The molecule has 0 unspecified atom stereocenters. The molecule has 0 saturated carbocycles. The molecule has 0 N–H and O–H groups in total. The van der Waals surface area contributed by atoms with Crippen LogP contribution in [0.5, 0.6) is 0 Å². The molecular formula is C18H21NO2S. The van der Waals surface area contributed by atoms with E-state index in [-0.39, 0.29) is 6.29 Å². The molecule has 0 spiro atoms. The molecule has 1 heterocycles. The van der Waals surface area contributed by atoms with Gasteiger partial charge in [0.25, 0.3) is 0 Å². The van der Waals surface area contributed by atoms with Gasteiger partial charge in [-0.2, -0.15) is 0 Å². The third-order valence-corrected chi connectivity index (χ3v) is 4.93. The van der Waals surface area contributed by atoms with E-state index in [2.05, 4.69) is 54.4 Å². The predicted molar refractivity (Wildman–Crippen MR) is 91.1 cm³/mol. The summed E-state index contributed by atoms with van der Waals surface area (Å²) < 4.78 is 11.6. The van der Waals surface area contributed by atoms with Crippen molar-refractivity contribution in [2.24, 2.45) is 0 Å². The zero-order valence-electron chi connectivity index (χ0n) is 13.2. The van der Waals surface area contributed by atoms with Gasteiger partial charge in [-0.05, 0) is 32.0 Å². The highest BCUT2D eigenvalue weighted by atomic mass is 32.2. The highest BCUT2D eigenvalue weighted by molar-refractivity contribution is 7.99. The van der Waals surface area contributed by atoms with Crippen LogP contribution in [0.3, 0.4) is 0 Å². The Hall–Kier alpha value is -1.49. The lowest BCUT2D eigenvalue weighted by Crippen LogP contribution is -2.17. The van der Waals surface area contributed by atoms with Crippen LogP contribution in [0.1, 0.15) is 25.7 Å². The standard InChI is InChI=1S/C18H21NO2S/c1-4-20-18(21-5-2)13-9-8-11-15-17(13)22-16-12-7-6-10-14(16)19(15)3/h6-12,18H,4-5H2,1-3H3. The molecule has 2 aromatic rings.